The summed E-state index contributed by atoms with van der Waals surface area (Å²) < 4.78 is 10.5. The Balaban J connectivity index is 1.52. The lowest BCUT2D eigenvalue weighted by Crippen LogP contribution is -2.19. The Morgan fingerprint density at radius 2 is 1.64 bits per heavy atom. The third kappa shape index (κ3) is 4.78. The molecule has 0 spiro atoms. The van der Waals surface area contributed by atoms with E-state index in [-0.39, 0.29) is 12.6 Å². The second-order valence-electron chi connectivity index (χ2n) is 9.19. The molecule has 5 rings (SSSR count). The Labute approximate surface area is 210 Å². The summed E-state index contributed by atoms with van der Waals surface area (Å²) in [4.78, 5) is 30.2. The van der Waals surface area contributed by atoms with Gasteiger partial charge in [0.1, 0.15) is 6.61 Å². The number of carbonyl (C=O) groups is 2. The number of rotatable bonds is 5. The maximum atomic E-state index is 13.6. The van der Waals surface area contributed by atoms with Crippen molar-refractivity contribution in [1.29, 1.82) is 0 Å². The minimum atomic E-state index is -0.401. The molecule has 1 unspecified atom stereocenters. The van der Waals surface area contributed by atoms with Crippen LogP contribution in [-0.2, 0) is 22.5 Å². The number of carbonyl (C=O) groups excluding carboxylic acids is 2. The van der Waals surface area contributed by atoms with E-state index in [0.717, 1.165) is 51.7 Å². The van der Waals surface area contributed by atoms with Crippen molar-refractivity contribution in [3.05, 3.63) is 112 Å². The molecule has 0 amide bonds. The molecule has 1 atom stereocenters. The molecule has 0 saturated heterocycles. The highest BCUT2D eigenvalue weighted by Crippen LogP contribution is 2.38. The molecular formula is C31H27NO4. The molecule has 1 heterocycles. The summed E-state index contributed by atoms with van der Waals surface area (Å²) >= 11 is 0. The maximum Gasteiger partial charge on any atom is 0.339 e. The quantitative estimate of drug-likeness (QED) is 0.307. The topological polar surface area (TPSA) is 65.5 Å². The summed E-state index contributed by atoms with van der Waals surface area (Å²) in [6, 6.07) is 24.8. The van der Waals surface area contributed by atoms with Gasteiger partial charge in [-0.25, -0.2) is 14.6 Å². The molecule has 0 saturated carbocycles. The highest BCUT2D eigenvalue weighted by atomic mass is 16.5. The minimum Gasteiger partial charge on any atom is -0.465 e. The standard InChI is InChI=1S/C31H27NO4/c1-20-16-24(18-21-8-4-3-5-9-21)29-26(17-20)28(25-10-6-7-11-27(25)32-29)31(34)36-19-22-12-14-23(15-13-22)30(33)35-2/h3-15,18,20H,16-17,19H2,1-2H3. The van der Waals surface area contributed by atoms with E-state index >= 15 is 0 Å². The van der Waals surface area contributed by atoms with E-state index in [2.05, 4.69) is 25.1 Å². The smallest absolute Gasteiger partial charge is 0.339 e. The van der Waals surface area contributed by atoms with Crippen molar-refractivity contribution in [2.24, 2.45) is 5.92 Å². The third-order valence-corrected chi connectivity index (χ3v) is 6.51. The van der Waals surface area contributed by atoms with Crippen LogP contribution in [0.4, 0.5) is 0 Å². The average Bonchev–Trinajstić information content (AvgIpc) is 2.91. The normalized spacial score (nSPS) is 15.9. The Hall–Kier alpha value is -4.25. The van der Waals surface area contributed by atoms with E-state index in [1.54, 1.807) is 24.3 Å². The molecule has 180 valence electrons. The highest BCUT2D eigenvalue weighted by molar-refractivity contribution is 6.06. The van der Waals surface area contributed by atoms with Crippen molar-refractivity contribution in [3.8, 4) is 0 Å². The monoisotopic (exact) mass is 477 g/mol. The number of esters is 2. The van der Waals surface area contributed by atoms with Gasteiger partial charge in [0, 0.05) is 5.39 Å². The molecule has 0 radical (unpaired) electrons. The van der Waals surface area contributed by atoms with Gasteiger partial charge in [-0.05, 0) is 65.3 Å². The van der Waals surface area contributed by atoms with Crippen LogP contribution in [0.2, 0.25) is 0 Å². The van der Waals surface area contributed by atoms with E-state index in [4.69, 9.17) is 14.5 Å². The lowest BCUT2D eigenvalue weighted by Gasteiger charge is -2.26. The SMILES string of the molecule is COC(=O)c1ccc(COC(=O)c2c3c(nc4ccccc24)C(=Cc2ccccc2)CC(C)C3)cc1. The van der Waals surface area contributed by atoms with Gasteiger partial charge < -0.3 is 9.47 Å². The van der Waals surface area contributed by atoms with Crippen LogP contribution in [0.25, 0.3) is 22.6 Å². The second-order valence-corrected chi connectivity index (χ2v) is 9.19. The minimum absolute atomic E-state index is 0.105. The number of methoxy groups -OCH3 is 1. The summed E-state index contributed by atoms with van der Waals surface area (Å²) in [6.45, 7) is 2.31. The number of nitrogens with zero attached hydrogens (tertiary/aromatic N) is 1. The Morgan fingerprint density at radius 3 is 2.39 bits per heavy atom. The van der Waals surface area contributed by atoms with Crippen LogP contribution in [0.5, 0.6) is 0 Å². The van der Waals surface area contributed by atoms with E-state index in [1.165, 1.54) is 7.11 Å². The van der Waals surface area contributed by atoms with E-state index in [1.807, 2.05) is 42.5 Å². The Kier molecular flexibility index (Phi) is 6.63. The van der Waals surface area contributed by atoms with Gasteiger partial charge in [-0.15, -0.1) is 0 Å². The van der Waals surface area contributed by atoms with Gasteiger partial charge in [-0.1, -0.05) is 67.6 Å². The fourth-order valence-electron chi connectivity index (χ4n) is 4.80. The van der Waals surface area contributed by atoms with Crippen molar-refractivity contribution in [2.75, 3.05) is 7.11 Å². The number of benzene rings is 3. The van der Waals surface area contributed by atoms with Crippen LogP contribution < -0.4 is 0 Å². The van der Waals surface area contributed by atoms with Crippen LogP contribution in [0.15, 0.2) is 78.9 Å². The van der Waals surface area contributed by atoms with Crippen molar-refractivity contribution >= 4 is 34.5 Å². The summed E-state index contributed by atoms with van der Waals surface area (Å²) in [5.74, 6) is -0.398. The molecule has 1 aliphatic carbocycles. The largest absolute Gasteiger partial charge is 0.465 e. The number of pyridine rings is 1. The van der Waals surface area contributed by atoms with E-state index in [9.17, 15) is 9.59 Å². The molecular weight excluding hydrogens is 450 g/mol. The first-order valence-electron chi connectivity index (χ1n) is 12.1. The molecule has 4 aromatic rings. The van der Waals surface area contributed by atoms with Gasteiger partial charge in [0.15, 0.2) is 0 Å². The lowest BCUT2D eigenvalue weighted by atomic mass is 9.80. The van der Waals surface area contributed by atoms with Gasteiger partial charge in [0.2, 0.25) is 0 Å². The maximum absolute atomic E-state index is 13.6. The zero-order valence-electron chi connectivity index (χ0n) is 20.4. The zero-order chi connectivity index (χ0) is 25.1. The molecule has 0 aliphatic heterocycles. The van der Waals surface area contributed by atoms with Crippen LogP contribution in [0.3, 0.4) is 0 Å². The third-order valence-electron chi connectivity index (χ3n) is 6.51. The molecule has 0 bridgehead atoms. The van der Waals surface area contributed by atoms with Gasteiger partial charge in [0.25, 0.3) is 0 Å². The molecule has 3 aromatic carbocycles. The predicted molar refractivity (Wildman–Crippen MR) is 140 cm³/mol. The number of ether oxygens (including phenoxy) is 2. The van der Waals surface area contributed by atoms with Gasteiger partial charge in [-0.3, -0.25) is 0 Å². The summed E-state index contributed by atoms with van der Waals surface area (Å²) in [6.07, 6.45) is 3.83. The molecule has 1 aromatic heterocycles. The van der Waals surface area contributed by atoms with E-state index < -0.39 is 5.97 Å². The molecule has 1 aliphatic rings. The summed E-state index contributed by atoms with van der Waals surface area (Å²) in [7, 11) is 1.35. The highest BCUT2D eigenvalue weighted by Gasteiger charge is 2.28. The van der Waals surface area contributed by atoms with Crippen LogP contribution in [0.1, 0.15) is 56.4 Å². The Bertz CT molecular complexity index is 1460. The summed E-state index contributed by atoms with van der Waals surface area (Å²) in [5.41, 5.74) is 6.68. The molecule has 5 nitrogen and oxygen atoms in total. The first-order valence-corrected chi connectivity index (χ1v) is 12.1. The second kappa shape index (κ2) is 10.2. The molecule has 0 fully saturated rings. The van der Waals surface area contributed by atoms with Crippen molar-refractivity contribution in [1.82, 2.24) is 4.98 Å². The van der Waals surface area contributed by atoms with Crippen molar-refractivity contribution in [2.45, 2.75) is 26.4 Å². The fraction of sp³-hybridized carbons (Fsp3) is 0.194. The van der Waals surface area contributed by atoms with Gasteiger partial charge >= 0.3 is 11.9 Å². The molecule has 0 N–H and O–H groups in total. The van der Waals surface area contributed by atoms with Crippen molar-refractivity contribution in [3.63, 3.8) is 0 Å². The van der Waals surface area contributed by atoms with E-state index in [0.29, 0.717) is 17.0 Å². The van der Waals surface area contributed by atoms with Gasteiger partial charge in [0.05, 0.1) is 29.4 Å². The summed E-state index contributed by atoms with van der Waals surface area (Å²) in [5, 5.41) is 0.801. The van der Waals surface area contributed by atoms with Crippen LogP contribution in [-0.4, -0.2) is 24.0 Å². The first-order chi connectivity index (χ1) is 17.5. The first kappa shape index (κ1) is 23.5. The predicted octanol–water partition coefficient (Wildman–Crippen LogP) is 6.50. The average molecular weight is 478 g/mol. The molecule has 5 heteroatoms. The number of para-hydroxylation sites is 1. The van der Waals surface area contributed by atoms with Gasteiger partial charge in [-0.2, -0.15) is 0 Å². The lowest BCUT2D eigenvalue weighted by molar-refractivity contribution is 0.0472. The molecule has 36 heavy (non-hydrogen) atoms. The zero-order valence-corrected chi connectivity index (χ0v) is 20.4. The van der Waals surface area contributed by atoms with Crippen LogP contribution in [0, 0.1) is 5.92 Å². The fourth-order valence-corrected chi connectivity index (χ4v) is 4.80. The number of allylic oxidation sites excluding steroid dienone is 1. The van der Waals surface area contributed by atoms with Crippen LogP contribution >= 0.6 is 0 Å². The number of fused-ring (bicyclic) bond motifs is 2. The number of hydrogen-bond acceptors (Lipinski definition) is 5. The van der Waals surface area contributed by atoms with Crippen molar-refractivity contribution < 1.29 is 19.1 Å². The number of aromatic nitrogens is 1. The number of hydrogen-bond donors (Lipinski definition) is 0. The Morgan fingerprint density at radius 1 is 0.917 bits per heavy atom.